The summed E-state index contributed by atoms with van der Waals surface area (Å²) in [6.07, 6.45) is 1.79. The third-order valence-electron chi connectivity index (χ3n) is 4.05. The van der Waals surface area contributed by atoms with Crippen LogP contribution in [-0.2, 0) is 18.9 Å². The van der Waals surface area contributed by atoms with Crippen LogP contribution in [0.4, 0.5) is 9.59 Å². The largest absolute Gasteiger partial charge is 0.448 e. The molecule has 0 aromatic rings. The van der Waals surface area contributed by atoms with Gasteiger partial charge >= 0.3 is 12.2 Å². The first-order valence-electron chi connectivity index (χ1n) is 7.85. The van der Waals surface area contributed by atoms with E-state index >= 15 is 0 Å². The summed E-state index contributed by atoms with van der Waals surface area (Å²) in [4.78, 5) is 24.8. The predicted octanol–water partition coefficient (Wildman–Crippen LogP) is 1.66. The molecule has 0 unspecified atom stereocenters. The maximum Gasteiger partial charge on any atom is 0.429 e. The van der Waals surface area contributed by atoms with Crippen LogP contribution >= 0.6 is 0 Å². The van der Waals surface area contributed by atoms with Crippen molar-refractivity contribution in [3.8, 4) is 0 Å². The van der Waals surface area contributed by atoms with Gasteiger partial charge in [-0.3, -0.25) is 0 Å². The standard InChI is InChI=1S/C15H22N2O6/c1-5-20-13(18)16-9-7-8-10(17(16)14(19)21-6-2)12-11(9)22-15(3,4)23-12/h7-12H,5-6H2,1-4H3/t9-,10+,11+,12-. The van der Waals surface area contributed by atoms with Crippen LogP contribution in [0.1, 0.15) is 27.7 Å². The number of hydrogen-bond donors (Lipinski definition) is 0. The second-order valence-corrected chi connectivity index (χ2v) is 6.02. The minimum atomic E-state index is -0.775. The lowest BCUT2D eigenvalue weighted by Crippen LogP contribution is -2.72. The Balaban J connectivity index is 1.95. The van der Waals surface area contributed by atoms with Crippen LogP contribution < -0.4 is 0 Å². The number of rotatable bonds is 2. The van der Waals surface area contributed by atoms with Crippen LogP contribution in [0.3, 0.4) is 0 Å². The second kappa shape index (κ2) is 5.68. The third kappa shape index (κ3) is 2.55. The molecule has 4 rings (SSSR count). The zero-order valence-corrected chi connectivity index (χ0v) is 13.7. The molecule has 4 atom stereocenters. The first-order chi connectivity index (χ1) is 10.9. The average molecular weight is 326 g/mol. The Morgan fingerprint density at radius 3 is 1.70 bits per heavy atom. The van der Waals surface area contributed by atoms with Crippen molar-refractivity contribution in [2.45, 2.75) is 57.8 Å². The van der Waals surface area contributed by atoms with E-state index in [1.54, 1.807) is 13.8 Å². The van der Waals surface area contributed by atoms with E-state index in [9.17, 15) is 9.59 Å². The van der Waals surface area contributed by atoms with E-state index in [0.29, 0.717) is 0 Å². The quantitative estimate of drug-likeness (QED) is 0.718. The minimum absolute atomic E-state index is 0.212. The van der Waals surface area contributed by atoms with Crippen LogP contribution in [0, 0.1) is 0 Å². The van der Waals surface area contributed by atoms with Crippen LogP contribution in [0.2, 0.25) is 0 Å². The van der Waals surface area contributed by atoms with E-state index in [2.05, 4.69) is 0 Å². The molecule has 2 amide bonds. The Morgan fingerprint density at radius 1 is 0.957 bits per heavy atom. The normalized spacial score (nSPS) is 33.6. The fourth-order valence-electron chi connectivity index (χ4n) is 3.32. The van der Waals surface area contributed by atoms with E-state index in [-0.39, 0.29) is 25.4 Å². The third-order valence-corrected chi connectivity index (χ3v) is 4.05. The summed E-state index contributed by atoms with van der Waals surface area (Å²) in [6, 6.07) is -0.953. The Hall–Kier alpha value is -1.80. The van der Waals surface area contributed by atoms with E-state index < -0.39 is 30.1 Å². The summed E-state index contributed by atoms with van der Waals surface area (Å²) >= 11 is 0. The number of hydrazine groups is 1. The van der Waals surface area contributed by atoms with E-state index in [4.69, 9.17) is 18.9 Å². The molecule has 2 saturated heterocycles. The van der Waals surface area contributed by atoms with Crippen LogP contribution in [-0.4, -0.2) is 65.5 Å². The molecule has 128 valence electrons. The highest BCUT2D eigenvalue weighted by Crippen LogP contribution is 2.43. The van der Waals surface area contributed by atoms with Crippen molar-refractivity contribution in [3.63, 3.8) is 0 Å². The Kier molecular flexibility index (Phi) is 3.97. The summed E-state index contributed by atoms with van der Waals surface area (Å²) < 4.78 is 22.1. The van der Waals surface area contributed by atoms with E-state index in [1.807, 2.05) is 26.0 Å². The van der Waals surface area contributed by atoms with Crippen LogP contribution in [0.25, 0.3) is 0 Å². The van der Waals surface area contributed by atoms with Crippen molar-refractivity contribution in [1.82, 2.24) is 10.0 Å². The molecule has 0 aromatic heterocycles. The van der Waals surface area contributed by atoms with Crippen LogP contribution in [0.15, 0.2) is 12.2 Å². The molecule has 2 bridgehead atoms. The lowest BCUT2D eigenvalue weighted by Gasteiger charge is -2.51. The molecule has 8 heteroatoms. The molecule has 0 aromatic carbocycles. The lowest BCUT2D eigenvalue weighted by atomic mass is 9.88. The van der Waals surface area contributed by atoms with Crippen molar-refractivity contribution < 1.29 is 28.5 Å². The van der Waals surface area contributed by atoms with Gasteiger partial charge in [0.1, 0.15) is 24.3 Å². The van der Waals surface area contributed by atoms with Gasteiger partial charge in [-0.15, -0.1) is 0 Å². The Bertz CT molecular complexity index is 490. The second-order valence-electron chi connectivity index (χ2n) is 6.02. The van der Waals surface area contributed by atoms with Gasteiger partial charge in [-0.25, -0.2) is 19.6 Å². The van der Waals surface area contributed by atoms with Gasteiger partial charge in [-0.2, -0.15) is 0 Å². The molecule has 23 heavy (non-hydrogen) atoms. The van der Waals surface area contributed by atoms with Gasteiger partial charge in [0.2, 0.25) is 0 Å². The first kappa shape index (κ1) is 16.1. The number of amides is 2. The van der Waals surface area contributed by atoms with Crippen molar-refractivity contribution in [3.05, 3.63) is 12.2 Å². The van der Waals surface area contributed by atoms with Crippen molar-refractivity contribution in [2.75, 3.05) is 13.2 Å². The fraction of sp³-hybridized carbons (Fsp3) is 0.733. The minimum Gasteiger partial charge on any atom is -0.448 e. The number of carbonyl (C=O) groups excluding carboxylic acids is 2. The first-order valence-corrected chi connectivity index (χ1v) is 7.85. The molecule has 8 nitrogen and oxygen atoms in total. The van der Waals surface area contributed by atoms with Gasteiger partial charge in [0, 0.05) is 0 Å². The molecule has 2 fully saturated rings. The highest BCUT2D eigenvalue weighted by Gasteiger charge is 2.60. The van der Waals surface area contributed by atoms with Gasteiger partial charge in [0.05, 0.1) is 13.2 Å². The zero-order valence-electron chi connectivity index (χ0n) is 13.7. The monoisotopic (exact) mass is 326 g/mol. The number of carbonyl (C=O) groups is 2. The molecule has 4 aliphatic rings. The molecule has 0 spiro atoms. The van der Waals surface area contributed by atoms with Gasteiger partial charge in [0.15, 0.2) is 5.79 Å². The topological polar surface area (TPSA) is 77.5 Å². The number of nitrogens with zero attached hydrogens (tertiary/aromatic N) is 2. The number of fused-ring (bicyclic) bond motifs is 1. The van der Waals surface area contributed by atoms with Crippen LogP contribution in [0.5, 0.6) is 0 Å². The molecule has 3 heterocycles. The summed E-state index contributed by atoms with van der Waals surface area (Å²) in [6.45, 7) is 7.48. The smallest absolute Gasteiger partial charge is 0.429 e. The number of ether oxygens (including phenoxy) is 4. The summed E-state index contributed by atoms with van der Waals surface area (Å²) in [7, 11) is 0. The van der Waals surface area contributed by atoms with E-state index in [0.717, 1.165) is 0 Å². The highest BCUT2D eigenvalue weighted by atomic mass is 16.8. The molecule has 3 aliphatic heterocycles. The molecular formula is C15H22N2O6. The maximum absolute atomic E-state index is 12.4. The number of hydrogen-bond acceptors (Lipinski definition) is 6. The fourth-order valence-corrected chi connectivity index (χ4v) is 3.32. The maximum atomic E-state index is 12.4. The molecular weight excluding hydrogens is 304 g/mol. The van der Waals surface area contributed by atoms with E-state index in [1.165, 1.54) is 10.0 Å². The van der Waals surface area contributed by atoms with Crippen molar-refractivity contribution in [1.29, 1.82) is 0 Å². The van der Waals surface area contributed by atoms with Gasteiger partial charge in [-0.1, -0.05) is 12.2 Å². The summed E-state index contributed by atoms with van der Waals surface area (Å²) in [5, 5.41) is 2.55. The van der Waals surface area contributed by atoms with Crippen molar-refractivity contribution >= 4 is 12.2 Å². The molecule has 1 aliphatic carbocycles. The lowest BCUT2D eigenvalue weighted by molar-refractivity contribution is -0.146. The Morgan fingerprint density at radius 2 is 1.35 bits per heavy atom. The zero-order chi connectivity index (χ0) is 16.8. The van der Waals surface area contributed by atoms with Gasteiger partial charge in [-0.05, 0) is 27.7 Å². The highest BCUT2D eigenvalue weighted by molar-refractivity contribution is 5.76. The van der Waals surface area contributed by atoms with Crippen molar-refractivity contribution in [2.24, 2.45) is 0 Å². The molecule has 0 radical (unpaired) electrons. The Labute approximate surface area is 134 Å². The SMILES string of the molecule is CCOC(=O)N1[C@@H]2C=C[C@@H]([C@H]3OC(C)(C)O[C@H]32)N1C(=O)OCC. The molecule has 0 saturated carbocycles. The van der Waals surface area contributed by atoms with Gasteiger partial charge < -0.3 is 18.9 Å². The molecule has 0 N–H and O–H groups in total. The average Bonchev–Trinajstić information content (AvgIpc) is 2.83. The summed E-state index contributed by atoms with van der Waals surface area (Å²) in [5.41, 5.74) is 0. The summed E-state index contributed by atoms with van der Waals surface area (Å²) in [5.74, 6) is -0.775. The van der Waals surface area contributed by atoms with Gasteiger partial charge in [0.25, 0.3) is 0 Å². The predicted molar refractivity (Wildman–Crippen MR) is 78.3 cm³/mol.